The molecule has 37 heavy (non-hydrogen) atoms. The molecule has 0 aliphatic carbocycles. The van der Waals surface area contributed by atoms with Crippen LogP contribution < -0.4 is 0 Å². The van der Waals surface area contributed by atoms with Crippen molar-refractivity contribution in [2.24, 2.45) is 0 Å². The van der Waals surface area contributed by atoms with Crippen LogP contribution in [0.15, 0.2) is 0 Å². The largest absolute Gasteiger partial charge is 0.734 e. The van der Waals surface area contributed by atoms with Crippen LogP contribution in [0, 0.1) is 60.7 Å². The van der Waals surface area contributed by atoms with Gasteiger partial charge in [0.2, 0.25) is 0 Å². The monoisotopic (exact) mass is 544 g/mol. The summed E-state index contributed by atoms with van der Waals surface area (Å²) >= 11 is 0. The van der Waals surface area contributed by atoms with E-state index in [1.807, 2.05) is 0 Å². The van der Waals surface area contributed by atoms with E-state index >= 15 is 0 Å². The van der Waals surface area contributed by atoms with E-state index in [1.165, 1.54) is 0 Å². The average Bonchev–Trinajstić information content (AvgIpc) is 2.75. The molecule has 0 bridgehead atoms. The number of carbonyl (C=O) groups is 4. The highest BCUT2D eigenvalue weighted by molar-refractivity contribution is 5.88. The van der Waals surface area contributed by atoms with Crippen LogP contribution in [-0.2, 0) is 33.4 Å². The number of hydrogen-bond donors (Lipinski definition) is 0. The number of esters is 4. The predicted molar refractivity (Wildman–Crippen MR) is 98.9 cm³/mol. The molecule has 0 atom stereocenters. The molecular weight excluding hydrogens is 532 g/mol. The van der Waals surface area contributed by atoms with Crippen molar-refractivity contribution in [1.29, 1.82) is 0 Å². The van der Waals surface area contributed by atoms with Crippen molar-refractivity contribution in [2.75, 3.05) is 13.2 Å². The van der Waals surface area contributed by atoms with Gasteiger partial charge in [0.15, 0.2) is 29.5 Å². The van der Waals surface area contributed by atoms with Crippen molar-refractivity contribution in [2.45, 2.75) is 37.3 Å². The Morgan fingerprint density at radius 2 is 0.676 bits per heavy atom. The molecule has 0 heterocycles. The Bertz CT molecular complexity index is 884. The number of carbonyl (C=O) groups excluding carboxylic acids is 4. The van der Waals surface area contributed by atoms with Crippen LogP contribution >= 0.6 is 0 Å². The molecule has 0 fully saturated rings. The number of rotatable bonds is 16. The van der Waals surface area contributed by atoms with Crippen LogP contribution in [0.3, 0.4) is 0 Å². The number of hydrogen-bond acceptors (Lipinski definition) is 19. The van der Waals surface area contributed by atoms with Gasteiger partial charge in [0.1, 0.15) is 0 Å². The lowest BCUT2D eigenvalue weighted by atomic mass is 10.3. The van der Waals surface area contributed by atoms with Gasteiger partial charge in [0.25, 0.3) is 0 Å². The maximum Gasteiger partial charge on any atom is 0.734 e. The second kappa shape index (κ2) is 12.8. The molecule has 0 rings (SSSR count). The fraction of sp³-hybridized carbons (Fsp3) is 0.667. The van der Waals surface area contributed by atoms with Gasteiger partial charge in [-0.2, -0.15) is 0 Å². The molecule has 0 amide bonds. The first-order valence-corrected chi connectivity index (χ1v) is 8.86. The van der Waals surface area contributed by atoms with Crippen LogP contribution in [0.2, 0.25) is 0 Å². The van der Waals surface area contributed by atoms with Gasteiger partial charge in [-0.1, -0.05) is 0 Å². The molecule has 0 aromatic carbocycles. The van der Waals surface area contributed by atoms with Gasteiger partial charge in [-0.05, 0) is 0 Å². The highest BCUT2D eigenvalue weighted by Gasteiger charge is 2.72. The third-order valence-electron chi connectivity index (χ3n) is 3.90. The van der Waals surface area contributed by atoms with E-state index in [-0.39, 0.29) is 0 Å². The fourth-order valence-electron chi connectivity index (χ4n) is 1.85. The molecule has 0 aliphatic heterocycles. The maximum absolute atomic E-state index is 11.5. The van der Waals surface area contributed by atoms with Crippen molar-refractivity contribution < 1.29 is 62.9 Å². The summed E-state index contributed by atoms with van der Waals surface area (Å²) in [6.45, 7) is -3.89. The fourth-order valence-corrected chi connectivity index (χ4v) is 1.85. The van der Waals surface area contributed by atoms with Crippen LogP contribution in [0.5, 0.6) is 0 Å². The van der Waals surface area contributed by atoms with Crippen molar-refractivity contribution in [3.05, 3.63) is 60.7 Å². The zero-order valence-corrected chi connectivity index (χ0v) is 17.7. The molecule has 0 saturated heterocycles. The Hall–Kier alpha value is -5.52. The zero-order chi connectivity index (χ0) is 29.1. The minimum atomic E-state index is -4.11. The Labute approximate surface area is 199 Å². The SMILES string of the molecule is O=C(CCC(=O)OC(=O)CCC(=O)OCC([N+](=O)[O-])([N+](=O)[O-])[N+](=O)[O-])OCC([N+](=O)[O-])([N+](=O)[O-])[N+](=O)[O-]. The summed E-state index contributed by atoms with van der Waals surface area (Å²) in [5.74, 6) is -14.3. The maximum atomic E-state index is 11.5. The third-order valence-corrected chi connectivity index (χ3v) is 3.90. The normalized spacial score (nSPS) is 10.9. The molecule has 0 aromatic rings. The Kier molecular flexibility index (Phi) is 10.9. The summed E-state index contributed by atoms with van der Waals surface area (Å²) in [7, 11) is 0. The zero-order valence-electron chi connectivity index (χ0n) is 17.7. The van der Waals surface area contributed by atoms with Crippen LogP contribution in [0.1, 0.15) is 25.7 Å². The number of nitrogens with zero attached hydrogens (tertiary/aromatic N) is 6. The molecule has 0 unspecified atom stereocenters. The first-order chi connectivity index (χ1) is 16.9. The van der Waals surface area contributed by atoms with Gasteiger partial charge >= 0.3 is 48.7 Å². The minimum absolute atomic E-state index is 0.992. The van der Waals surface area contributed by atoms with Gasteiger partial charge < -0.3 is 14.2 Å². The molecule has 0 aliphatic rings. The van der Waals surface area contributed by atoms with Crippen molar-refractivity contribution in [1.82, 2.24) is 0 Å². The second-order valence-corrected chi connectivity index (χ2v) is 6.26. The van der Waals surface area contributed by atoms with Gasteiger partial charge in [-0.3, -0.25) is 79.9 Å². The molecule has 0 aromatic heterocycles. The molecule has 25 nitrogen and oxygen atoms in total. The van der Waals surface area contributed by atoms with Gasteiger partial charge in [-0.25, -0.2) is 0 Å². The van der Waals surface area contributed by atoms with Gasteiger partial charge in [-0.15, -0.1) is 0 Å². The smallest absolute Gasteiger partial charge is 0.441 e. The van der Waals surface area contributed by atoms with E-state index < -0.39 is 104 Å². The van der Waals surface area contributed by atoms with Gasteiger partial charge in [0.05, 0.1) is 25.7 Å². The van der Waals surface area contributed by atoms with Crippen molar-refractivity contribution in [3.63, 3.8) is 0 Å². The van der Waals surface area contributed by atoms with Crippen LogP contribution in [0.4, 0.5) is 0 Å². The van der Waals surface area contributed by atoms with E-state index in [2.05, 4.69) is 14.2 Å². The minimum Gasteiger partial charge on any atom is -0.441 e. The molecule has 204 valence electrons. The second-order valence-electron chi connectivity index (χ2n) is 6.26. The molecule has 25 heteroatoms. The lowest BCUT2D eigenvalue weighted by Gasteiger charge is -2.09. The quantitative estimate of drug-likeness (QED) is 0.0490. The average molecular weight is 544 g/mol. The standard InChI is InChI=1S/C12H12N6O19/c19-7(35-5-11(13(23)24,14(25)26)15(27)28)1-3-9(21)37-10(22)4-2-8(20)36-6-12(16(29)30,17(31)32)18(33)34/h1-6H2. The summed E-state index contributed by atoms with van der Waals surface area (Å²) in [4.78, 5) is 98.5. The third kappa shape index (κ3) is 7.75. The predicted octanol–water partition coefficient (Wildman–Crippen LogP) is -2.33. The summed E-state index contributed by atoms with van der Waals surface area (Å²) < 4.78 is 12.3. The van der Waals surface area contributed by atoms with E-state index in [9.17, 15) is 79.9 Å². The number of ether oxygens (including phenoxy) is 3. The van der Waals surface area contributed by atoms with Crippen molar-refractivity contribution in [3.8, 4) is 0 Å². The van der Waals surface area contributed by atoms with E-state index in [0.29, 0.717) is 0 Å². The molecule has 0 spiro atoms. The lowest BCUT2D eigenvalue weighted by molar-refractivity contribution is -0.970. The highest BCUT2D eigenvalue weighted by Crippen LogP contribution is 2.15. The van der Waals surface area contributed by atoms with E-state index in [4.69, 9.17) is 0 Å². The molecule has 0 saturated carbocycles. The summed E-state index contributed by atoms with van der Waals surface area (Å²) in [6.07, 6.45) is -4.03. The Morgan fingerprint density at radius 3 is 0.892 bits per heavy atom. The van der Waals surface area contributed by atoms with Gasteiger partial charge in [0, 0.05) is 0 Å². The lowest BCUT2D eigenvalue weighted by Crippen LogP contribution is -2.57. The molecule has 0 radical (unpaired) electrons. The first kappa shape index (κ1) is 31.5. The summed E-state index contributed by atoms with van der Waals surface area (Å²) in [5.41, 5.74) is 0. The highest BCUT2D eigenvalue weighted by atomic mass is 16.8. The molecule has 0 N–H and O–H groups in total. The summed E-state index contributed by atoms with van der Waals surface area (Å²) in [5, 5.41) is 64.1. The molecular formula is C12H12N6O19. The van der Waals surface area contributed by atoms with E-state index in [0.717, 1.165) is 0 Å². The van der Waals surface area contributed by atoms with Crippen molar-refractivity contribution >= 4 is 23.9 Å². The Morgan fingerprint density at radius 1 is 0.459 bits per heavy atom. The van der Waals surface area contributed by atoms with E-state index in [1.54, 1.807) is 0 Å². The van der Waals surface area contributed by atoms with Crippen LogP contribution in [0.25, 0.3) is 0 Å². The Balaban J connectivity index is 4.69. The number of nitro groups is 6. The van der Waals surface area contributed by atoms with Crippen LogP contribution in [-0.4, -0.2) is 78.2 Å². The summed E-state index contributed by atoms with van der Waals surface area (Å²) in [6, 6.07) is 0. The topological polar surface area (TPSA) is 355 Å². The first-order valence-electron chi connectivity index (χ1n) is 8.86.